The Hall–Kier alpha value is -0.610. The van der Waals surface area contributed by atoms with Crippen LogP contribution < -0.4 is 5.32 Å². The molecular formula is C19H39NO3. The molecule has 4 heteroatoms. The van der Waals surface area contributed by atoms with E-state index in [-0.39, 0.29) is 5.91 Å². The summed E-state index contributed by atoms with van der Waals surface area (Å²) in [6.45, 7) is 3.85. The van der Waals surface area contributed by atoms with Gasteiger partial charge in [0.25, 0.3) is 0 Å². The molecule has 1 atom stereocenters. The lowest BCUT2D eigenvalue weighted by Crippen LogP contribution is -2.40. The number of rotatable bonds is 16. The predicted octanol–water partition coefficient (Wildman–Crippen LogP) is 4.28. The van der Waals surface area contributed by atoms with Gasteiger partial charge in [0, 0.05) is 6.42 Å². The summed E-state index contributed by atoms with van der Waals surface area (Å²) >= 11 is 0. The lowest BCUT2D eigenvalue weighted by molar-refractivity contribution is -0.126. The third-order valence-electron chi connectivity index (χ3n) is 4.34. The van der Waals surface area contributed by atoms with Crippen LogP contribution in [0.1, 0.15) is 104 Å². The monoisotopic (exact) mass is 329 g/mol. The molecule has 0 aromatic carbocycles. The van der Waals surface area contributed by atoms with Crippen molar-refractivity contribution in [1.29, 1.82) is 0 Å². The van der Waals surface area contributed by atoms with Crippen molar-refractivity contribution < 1.29 is 15.0 Å². The third kappa shape index (κ3) is 16.0. The molecule has 138 valence electrons. The molecule has 0 aliphatic rings. The van der Waals surface area contributed by atoms with Crippen LogP contribution in [0.2, 0.25) is 0 Å². The summed E-state index contributed by atoms with van der Waals surface area (Å²) in [5.41, 5.74) is 0. The average Bonchev–Trinajstić information content (AvgIpc) is 2.51. The van der Waals surface area contributed by atoms with Crippen LogP contribution in [0.15, 0.2) is 0 Å². The van der Waals surface area contributed by atoms with E-state index in [2.05, 4.69) is 12.2 Å². The zero-order valence-corrected chi connectivity index (χ0v) is 15.4. The number of amides is 1. The summed E-state index contributed by atoms with van der Waals surface area (Å²) in [6, 6.07) is -0.593. The molecule has 0 bridgehead atoms. The van der Waals surface area contributed by atoms with E-state index in [9.17, 15) is 4.79 Å². The van der Waals surface area contributed by atoms with E-state index in [0.717, 1.165) is 12.8 Å². The molecule has 0 aliphatic heterocycles. The molecule has 1 unspecified atom stereocenters. The van der Waals surface area contributed by atoms with Gasteiger partial charge in [0.1, 0.15) is 0 Å². The quantitative estimate of drug-likeness (QED) is 0.292. The number of hydrogen-bond donors (Lipinski definition) is 3. The summed E-state index contributed by atoms with van der Waals surface area (Å²) in [5.74, 6) is -0.0892. The van der Waals surface area contributed by atoms with Crippen LogP contribution in [0.3, 0.4) is 0 Å². The second kappa shape index (κ2) is 16.3. The number of aliphatic hydroxyl groups is 2. The van der Waals surface area contributed by atoms with Crippen molar-refractivity contribution in [3.05, 3.63) is 0 Å². The Kier molecular flexibility index (Phi) is 15.8. The molecule has 4 nitrogen and oxygen atoms in total. The van der Waals surface area contributed by atoms with Crippen molar-refractivity contribution in [2.24, 2.45) is 0 Å². The number of carbonyl (C=O) groups is 1. The Morgan fingerprint density at radius 2 is 1.17 bits per heavy atom. The Balaban J connectivity index is 3.20. The van der Waals surface area contributed by atoms with E-state index in [1.165, 1.54) is 70.6 Å². The van der Waals surface area contributed by atoms with Crippen LogP contribution in [0.4, 0.5) is 0 Å². The maximum Gasteiger partial charge on any atom is 0.220 e. The summed E-state index contributed by atoms with van der Waals surface area (Å²) in [7, 11) is 0. The maximum absolute atomic E-state index is 11.5. The van der Waals surface area contributed by atoms with Gasteiger partial charge >= 0.3 is 0 Å². The first-order valence-electron chi connectivity index (χ1n) is 9.73. The Morgan fingerprint density at radius 3 is 1.57 bits per heavy atom. The highest BCUT2D eigenvalue weighted by atomic mass is 16.5. The molecule has 0 aliphatic carbocycles. The number of hydrogen-bond acceptors (Lipinski definition) is 3. The maximum atomic E-state index is 11.5. The van der Waals surface area contributed by atoms with Crippen LogP contribution in [0.5, 0.6) is 0 Å². The lowest BCUT2D eigenvalue weighted by Gasteiger charge is -2.15. The zero-order valence-electron chi connectivity index (χ0n) is 15.4. The van der Waals surface area contributed by atoms with Gasteiger partial charge in [-0.3, -0.25) is 4.79 Å². The van der Waals surface area contributed by atoms with Gasteiger partial charge in [-0.15, -0.1) is 0 Å². The van der Waals surface area contributed by atoms with Gasteiger partial charge in [0.05, 0.1) is 6.04 Å². The fourth-order valence-corrected chi connectivity index (χ4v) is 2.70. The fraction of sp³-hybridized carbons (Fsp3) is 0.947. The van der Waals surface area contributed by atoms with Crippen LogP contribution in [0.25, 0.3) is 0 Å². The Morgan fingerprint density at radius 1 is 0.783 bits per heavy atom. The van der Waals surface area contributed by atoms with Gasteiger partial charge in [-0.1, -0.05) is 84.0 Å². The smallest absolute Gasteiger partial charge is 0.220 e. The predicted molar refractivity (Wildman–Crippen MR) is 96.1 cm³/mol. The van der Waals surface area contributed by atoms with Crippen LogP contribution >= 0.6 is 0 Å². The van der Waals surface area contributed by atoms with E-state index in [0.29, 0.717) is 6.42 Å². The highest BCUT2D eigenvalue weighted by Crippen LogP contribution is 2.12. The molecule has 23 heavy (non-hydrogen) atoms. The van der Waals surface area contributed by atoms with Gasteiger partial charge < -0.3 is 15.5 Å². The zero-order chi connectivity index (χ0) is 17.3. The molecule has 3 N–H and O–H groups in total. The van der Waals surface area contributed by atoms with Gasteiger partial charge in [0.15, 0.2) is 6.29 Å². The minimum absolute atomic E-state index is 0.0892. The largest absolute Gasteiger partial charge is 0.366 e. The van der Waals surface area contributed by atoms with Crippen molar-refractivity contribution in [3.63, 3.8) is 0 Å². The third-order valence-corrected chi connectivity index (χ3v) is 4.34. The Bertz CT molecular complexity index is 269. The topological polar surface area (TPSA) is 69.6 Å². The Labute approximate surface area is 143 Å². The lowest BCUT2D eigenvalue weighted by atomic mass is 10.0. The van der Waals surface area contributed by atoms with E-state index >= 15 is 0 Å². The highest BCUT2D eigenvalue weighted by Gasteiger charge is 2.12. The molecule has 0 aromatic rings. The second-order valence-corrected chi connectivity index (χ2v) is 6.76. The SMILES string of the molecule is CCCCCCCCCCCCCCCC(=O)NC(C)C(O)O. The van der Waals surface area contributed by atoms with E-state index < -0.39 is 12.3 Å². The normalized spacial score (nSPS) is 12.6. The van der Waals surface area contributed by atoms with Crippen molar-refractivity contribution in [3.8, 4) is 0 Å². The summed E-state index contributed by atoms with van der Waals surface area (Å²) in [6.07, 6.45) is 15.8. The second-order valence-electron chi connectivity index (χ2n) is 6.76. The summed E-state index contributed by atoms with van der Waals surface area (Å²) in [5, 5.41) is 20.4. The van der Waals surface area contributed by atoms with Crippen LogP contribution in [-0.4, -0.2) is 28.5 Å². The number of unbranched alkanes of at least 4 members (excludes halogenated alkanes) is 12. The fourth-order valence-electron chi connectivity index (χ4n) is 2.70. The molecule has 0 saturated heterocycles. The minimum atomic E-state index is -1.48. The van der Waals surface area contributed by atoms with Crippen LogP contribution in [-0.2, 0) is 4.79 Å². The molecule has 0 aromatic heterocycles. The van der Waals surface area contributed by atoms with Crippen LogP contribution in [0, 0.1) is 0 Å². The summed E-state index contributed by atoms with van der Waals surface area (Å²) in [4.78, 5) is 11.5. The molecule has 0 spiro atoms. The van der Waals surface area contributed by atoms with E-state index in [1.54, 1.807) is 6.92 Å². The first-order chi connectivity index (χ1) is 11.1. The van der Waals surface area contributed by atoms with Gasteiger partial charge in [0.2, 0.25) is 5.91 Å². The number of nitrogens with one attached hydrogen (secondary N) is 1. The van der Waals surface area contributed by atoms with E-state index in [1.807, 2.05) is 0 Å². The number of carbonyl (C=O) groups excluding carboxylic acids is 1. The molecule has 1 amide bonds. The van der Waals surface area contributed by atoms with Gasteiger partial charge in [-0.2, -0.15) is 0 Å². The van der Waals surface area contributed by atoms with Gasteiger partial charge in [-0.05, 0) is 13.3 Å². The molecule has 0 rings (SSSR count). The molecule has 0 radical (unpaired) electrons. The first-order valence-corrected chi connectivity index (χ1v) is 9.73. The average molecular weight is 330 g/mol. The summed E-state index contributed by atoms with van der Waals surface area (Å²) < 4.78 is 0. The van der Waals surface area contributed by atoms with E-state index in [4.69, 9.17) is 10.2 Å². The van der Waals surface area contributed by atoms with Gasteiger partial charge in [-0.25, -0.2) is 0 Å². The van der Waals surface area contributed by atoms with Crippen molar-refractivity contribution in [2.45, 2.75) is 116 Å². The first kappa shape index (κ1) is 22.4. The molecular weight excluding hydrogens is 290 g/mol. The van der Waals surface area contributed by atoms with Crippen molar-refractivity contribution in [2.75, 3.05) is 0 Å². The molecule has 0 saturated carbocycles. The minimum Gasteiger partial charge on any atom is -0.366 e. The standard InChI is InChI=1S/C19H39NO3/c1-3-4-5-6-7-8-9-10-11-12-13-14-15-16-18(21)20-17(2)19(22)23/h17,19,22-23H,3-16H2,1-2H3,(H,20,21). The highest BCUT2D eigenvalue weighted by molar-refractivity contribution is 5.76. The molecule has 0 heterocycles. The van der Waals surface area contributed by atoms with Crippen molar-refractivity contribution >= 4 is 5.91 Å². The molecule has 0 fully saturated rings. The van der Waals surface area contributed by atoms with Crippen molar-refractivity contribution in [1.82, 2.24) is 5.32 Å². The number of aliphatic hydroxyl groups excluding tert-OH is 1.